The van der Waals surface area contributed by atoms with Gasteiger partial charge in [0.25, 0.3) is 0 Å². The maximum absolute atomic E-state index is 12.7. The topological polar surface area (TPSA) is 30.3 Å². The molecule has 0 bridgehead atoms. The largest absolute Gasteiger partial charge is 0.435 e. The highest BCUT2D eigenvalue weighted by Gasteiger charge is 2.37. The highest BCUT2D eigenvalue weighted by molar-refractivity contribution is 5.34. The molecule has 4 nitrogen and oxygen atoms in total. The number of hydrogen-bond acceptors (Lipinski definition) is 3. The average molecular weight is 351 g/mol. The zero-order valence-electron chi connectivity index (χ0n) is 13.7. The molecule has 2 aromatic rings. The summed E-state index contributed by atoms with van der Waals surface area (Å²) in [6.45, 7) is 3.33. The third-order valence-corrected chi connectivity index (χ3v) is 4.91. The Morgan fingerprint density at radius 1 is 1.12 bits per heavy atom. The van der Waals surface area contributed by atoms with Gasteiger partial charge in [-0.05, 0) is 42.5 Å². The second-order valence-corrected chi connectivity index (χ2v) is 6.76. The first-order valence-corrected chi connectivity index (χ1v) is 8.55. The predicted molar refractivity (Wildman–Crippen MR) is 86.3 cm³/mol. The van der Waals surface area contributed by atoms with Crippen LogP contribution in [0.25, 0.3) is 5.69 Å². The van der Waals surface area contributed by atoms with E-state index in [1.165, 1.54) is 23.7 Å². The Balaban J connectivity index is 1.45. The van der Waals surface area contributed by atoms with Crippen LogP contribution in [0.5, 0.6) is 0 Å². The van der Waals surface area contributed by atoms with Crippen LogP contribution in [0.1, 0.15) is 24.1 Å². The fourth-order valence-electron chi connectivity index (χ4n) is 3.38. The fourth-order valence-corrected chi connectivity index (χ4v) is 3.38. The van der Waals surface area contributed by atoms with E-state index in [0.717, 1.165) is 43.9 Å². The van der Waals surface area contributed by atoms with Crippen molar-refractivity contribution in [2.24, 2.45) is 5.92 Å². The van der Waals surface area contributed by atoms with E-state index in [2.05, 4.69) is 10.00 Å². The highest BCUT2D eigenvalue weighted by Crippen LogP contribution is 2.37. The molecule has 1 saturated carbocycles. The van der Waals surface area contributed by atoms with Crippen molar-refractivity contribution in [2.75, 3.05) is 19.8 Å². The molecule has 1 unspecified atom stereocenters. The zero-order valence-corrected chi connectivity index (χ0v) is 13.7. The minimum absolute atomic E-state index is 0.494. The number of hydrogen-bond donors (Lipinski definition) is 0. The van der Waals surface area contributed by atoms with Crippen molar-refractivity contribution in [3.05, 3.63) is 47.8 Å². The van der Waals surface area contributed by atoms with Gasteiger partial charge in [0.2, 0.25) is 0 Å². The quantitative estimate of drug-likeness (QED) is 0.845. The Bertz CT molecular complexity index is 722. The van der Waals surface area contributed by atoms with E-state index < -0.39 is 11.9 Å². The van der Waals surface area contributed by atoms with E-state index >= 15 is 0 Å². The molecule has 7 heteroatoms. The number of halogens is 3. The van der Waals surface area contributed by atoms with Crippen molar-refractivity contribution in [1.29, 1.82) is 0 Å². The van der Waals surface area contributed by atoms with Crippen LogP contribution in [0.4, 0.5) is 13.2 Å². The molecule has 1 aliphatic heterocycles. The summed E-state index contributed by atoms with van der Waals surface area (Å²) in [5.41, 5.74) is 0.900. The summed E-state index contributed by atoms with van der Waals surface area (Å²) in [6.07, 6.45) is -0.517. The SMILES string of the molecule is FC(F)(F)c1ccn(-c2ccc(CN3CCOCC3C3CC3)cc2)n1. The van der Waals surface area contributed by atoms with Crippen molar-refractivity contribution >= 4 is 0 Å². The summed E-state index contributed by atoms with van der Waals surface area (Å²) in [6, 6.07) is 9.04. The molecule has 2 aliphatic rings. The van der Waals surface area contributed by atoms with Crippen molar-refractivity contribution in [1.82, 2.24) is 14.7 Å². The summed E-state index contributed by atoms with van der Waals surface area (Å²) >= 11 is 0. The van der Waals surface area contributed by atoms with Gasteiger partial charge in [-0.1, -0.05) is 12.1 Å². The number of benzene rings is 1. The summed E-state index contributed by atoms with van der Waals surface area (Å²) in [4.78, 5) is 2.46. The number of rotatable bonds is 4. The Hall–Kier alpha value is -1.86. The van der Waals surface area contributed by atoms with E-state index in [-0.39, 0.29) is 0 Å². The lowest BCUT2D eigenvalue weighted by Gasteiger charge is -2.35. The molecule has 2 heterocycles. The lowest BCUT2D eigenvalue weighted by Crippen LogP contribution is -2.46. The Morgan fingerprint density at radius 2 is 1.88 bits per heavy atom. The summed E-state index contributed by atoms with van der Waals surface area (Å²) < 4.78 is 44.8. The number of aromatic nitrogens is 2. The van der Waals surface area contributed by atoms with E-state index in [1.807, 2.05) is 24.3 Å². The van der Waals surface area contributed by atoms with Crippen LogP contribution in [0, 0.1) is 5.92 Å². The molecule has 0 amide bonds. The maximum Gasteiger partial charge on any atom is 0.435 e. The van der Waals surface area contributed by atoms with Crippen LogP contribution in [-0.4, -0.2) is 40.5 Å². The molecular formula is C18H20F3N3O. The molecule has 0 N–H and O–H groups in total. The molecular weight excluding hydrogens is 331 g/mol. The second kappa shape index (κ2) is 6.46. The van der Waals surface area contributed by atoms with Gasteiger partial charge in [0.15, 0.2) is 5.69 Å². The third-order valence-electron chi connectivity index (χ3n) is 4.91. The van der Waals surface area contributed by atoms with Gasteiger partial charge in [-0.15, -0.1) is 0 Å². The Morgan fingerprint density at radius 3 is 2.52 bits per heavy atom. The number of morpholine rings is 1. The first-order chi connectivity index (χ1) is 12.0. The number of alkyl halides is 3. The van der Waals surface area contributed by atoms with Crippen molar-refractivity contribution in [2.45, 2.75) is 31.6 Å². The Kier molecular flexibility index (Phi) is 4.29. The minimum atomic E-state index is -4.42. The average Bonchev–Trinajstić information content (AvgIpc) is 3.30. The van der Waals surface area contributed by atoms with E-state index in [4.69, 9.17) is 4.74 Å². The van der Waals surface area contributed by atoms with Crippen molar-refractivity contribution in [3.8, 4) is 5.69 Å². The highest BCUT2D eigenvalue weighted by atomic mass is 19.4. The Labute approximate surface area is 144 Å². The molecule has 1 aromatic carbocycles. The van der Waals surface area contributed by atoms with Crippen LogP contribution < -0.4 is 0 Å². The molecule has 1 atom stereocenters. The normalized spacial score (nSPS) is 22.3. The number of nitrogens with zero attached hydrogens (tertiary/aromatic N) is 3. The van der Waals surface area contributed by atoms with Crippen LogP contribution >= 0.6 is 0 Å². The van der Waals surface area contributed by atoms with Crippen LogP contribution in [0.3, 0.4) is 0 Å². The van der Waals surface area contributed by atoms with E-state index in [0.29, 0.717) is 11.7 Å². The minimum Gasteiger partial charge on any atom is -0.378 e. The predicted octanol–water partition coefficient (Wildman–Crippen LogP) is 3.50. The van der Waals surface area contributed by atoms with Crippen molar-refractivity contribution < 1.29 is 17.9 Å². The zero-order chi connectivity index (χ0) is 17.4. The first kappa shape index (κ1) is 16.6. The van der Waals surface area contributed by atoms with Crippen LogP contribution in [-0.2, 0) is 17.5 Å². The molecule has 1 saturated heterocycles. The lowest BCUT2D eigenvalue weighted by atomic mass is 10.1. The molecule has 0 spiro atoms. The number of ether oxygens (including phenoxy) is 1. The first-order valence-electron chi connectivity index (χ1n) is 8.55. The van der Waals surface area contributed by atoms with Gasteiger partial charge in [-0.2, -0.15) is 18.3 Å². The fraction of sp³-hybridized carbons (Fsp3) is 0.500. The van der Waals surface area contributed by atoms with Crippen LogP contribution in [0.15, 0.2) is 36.5 Å². The van der Waals surface area contributed by atoms with Crippen molar-refractivity contribution in [3.63, 3.8) is 0 Å². The second-order valence-electron chi connectivity index (χ2n) is 6.76. The summed E-state index contributed by atoms with van der Waals surface area (Å²) in [7, 11) is 0. The van der Waals surface area contributed by atoms with Gasteiger partial charge in [-0.3, -0.25) is 4.90 Å². The van der Waals surface area contributed by atoms with Gasteiger partial charge >= 0.3 is 6.18 Å². The molecule has 134 valence electrons. The van der Waals surface area contributed by atoms with Gasteiger partial charge in [0, 0.05) is 25.3 Å². The molecule has 4 rings (SSSR count). The van der Waals surface area contributed by atoms with Gasteiger partial charge in [0.1, 0.15) is 0 Å². The summed E-state index contributed by atoms with van der Waals surface area (Å²) in [5.74, 6) is 0.754. The van der Waals surface area contributed by atoms with Gasteiger partial charge in [-0.25, -0.2) is 4.68 Å². The van der Waals surface area contributed by atoms with Gasteiger partial charge < -0.3 is 4.74 Å². The molecule has 0 radical (unpaired) electrons. The standard InChI is InChI=1S/C18H20F3N3O/c19-18(20,21)17-7-8-24(22-17)15-5-1-13(2-6-15)11-23-9-10-25-12-16(23)14-3-4-14/h1-2,5-8,14,16H,3-4,9-12H2. The smallest absolute Gasteiger partial charge is 0.378 e. The van der Waals surface area contributed by atoms with E-state index in [9.17, 15) is 13.2 Å². The third kappa shape index (κ3) is 3.72. The lowest BCUT2D eigenvalue weighted by molar-refractivity contribution is -0.141. The molecule has 1 aromatic heterocycles. The van der Waals surface area contributed by atoms with E-state index in [1.54, 1.807) is 0 Å². The maximum atomic E-state index is 12.7. The summed E-state index contributed by atoms with van der Waals surface area (Å²) in [5, 5.41) is 3.61. The van der Waals surface area contributed by atoms with Crippen LogP contribution in [0.2, 0.25) is 0 Å². The molecule has 25 heavy (non-hydrogen) atoms. The van der Waals surface area contributed by atoms with Gasteiger partial charge in [0.05, 0.1) is 18.9 Å². The monoisotopic (exact) mass is 351 g/mol. The molecule has 2 fully saturated rings. The molecule has 1 aliphatic carbocycles.